The van der Waals surface area contributed by atoms with Crippen LogP contribution in [0.15, 0.2) is 12.3 Å². The Kier molecular flexibility index (Phi) is 3.43. The fourth-order valence-electron chi connectivity index (χ4n) is 1.21. The van der Waals surface area contributed by atoms with Crippen LogP contribution in [0.25, 0.3) is 0 Å². The van der Waals surface area contributed by atoms with Gasteiger partial charge in [0.25, 0.3) is 5.91 Å². The number of aryl methyl sites for hydroxylation is 1. The van der Waals surface area contributed by atoms with Crippen molar-refractivity contribution in [2.45, 2.75) is 19.4 Å². The predicted molar refractivity (Wildman–Crippen MR) is 52.4 cm³/mol. The van der Waals surface area contributed by atoms with E-state index in [1.54, 1.807) is 20.0 Å². The molecule has 0 saturated carbocycles. The van der Waals surface area contributed by atoms with E-state index in [4.69, 9.17) is 5.11 Å². The average Bonchev–Trinajstić information content (AvgIpc) is 2.49. The molecule has 1 atom stereocenters. The number of nitrogens with zero attached hydrogens (tertiary/aromatic N) is 2. The van der Waals surface area contributed by atoms with Gasteiger partial charge >= 0.3 is 5.97 Å². The maximum atomic E-state index is 11.6. The highest BCUT2D eigenvalue weighted by molar-refractivity contribution is 5.92. The molecule has 0 bridgehead atoms. The Bertz CT molecular complexity index is 372. The molecule has 6 nitrogen and oxygen atoms in total. The Labute approximate surface area is 86.9 Å². The predicted octanol–water partition coefficient (Wildman–Crippen LogP) is 0.0131. The number of rotatable bonds is 4. The van der Waals surface area contributed by atoms with Crippen LogP contribution in [0.4, 0.5) is 0 Å². The van der Waals surface area contributed by atoms with E-state index in [-0.39, 0.29) is 12.3 Å². The standard InChI is InChI=1S/C9H13N3O3/c1-6(5-8(13)14)11-9(15)7-3-4-10-12(7)2/h3-4,6H,5H2,1-2H3,(H,11,15)(H,13,14). The van der Waals surface area contributed by atoms with E-state index in [1.807, 2.05) is 0 Å². The molecule has 1 unspecified atom stereocenters. The van der Waals surface area contributed by atoms with Gasteiger partial charge in [0.2, 0.25) is 0 Å². The summed E-state index contributed by atoms with van der Waals surface area (Å²) in [4.78, 5) is 21.9. The number of aromatic nitrogens is 2. The Morgan fingerprint density at radius 1 is 1.67 bits per heavy atom. The number of carboxylic acids is 1. The van der Waals surface area contributed by atoms with Gasteiger partial charge in [-0.3, -0.25) is 14.3 Å². The molecular weight excluding hydrogens is 198 g/mol. The molecule has 0 saturated heterocycles. The molecular formula is C9H13N3O3. The van der Waals surface area contributed by atoms with Gasteiger partial charge in [0.15, 0.2) is 0 Å². The van der Waals surface area contributed by atoms with Crippen LogP contribution in [0.5, 0.6) is 0 Å². The van der Waals surface area contributed by atoms with Crippen LogP contribution in [-0.4, -0.2) is 32.8 Å². The second-order valence-electron chi connectivity index (χ2n) is 3.31. The quantitative estimate of drug-likeness (QED) is 0.735. The van der Waals surface area contributed by atoms with Crippen molar-refractivity contribution in [2.24, 2.45) is 7.05 Å². The van der Waals surface area contributed by atoms with E-state index < -0.39 is 12.0 Å². The largest absolute Gasteiger partial charge is 0.481 e. The van der Waals surface area contributed by atoms with Gasteiger partial charge in [0.1, 0.15) is 5.69 Å². The molecule has 2 N–H and O–H groups in total. The number of aliphatic carboxylic acids is 1. The Morgan fingerprint density at radius 2 is 2.33 bits per heavy atom. The molecule has 0 aliphatic rings. The number of hydrogen-bond donors (Lipinski definition) is 2. The first-order valence-electron chi connectivity index (χ1n) is 4.51. The van der Waals surface area contributed by atoms with E-state index in [0.717, 1.165) is 0 Å². The fourth-order valence-corrected chi connectivity index (χ4v) is 1.21. The van der Waals surface area contributed by atoms with E-state index in [0.29, 0.717) is 5.69 Å². The Balaban J connectivity index is 2.56. The average molecular weight is 211 g/mol. The summed E-state index contributed by atoms with van der Waals surface area (Å²) in [6.07, 6.45) is 1.42. The molecule has 1 aromatic heterocycles. The zero-order valence-electron chi connectivity index (χ0n) is 8.60. The normalized spacial score (nSPS) is 12.1. The molecule has 1 aromatic rings. The molecule has 1 amide bonds. The van der Waals surface area contributed by atoms with Gasteiger partial charge in [-0.1, -0.05) is 0 Å². The van der Waals surface area contributed by atoms with E-state index in [9.17, 15) is 9.59 Å². The summed E-state index contributed by atoms with van der Waals surface area (Å²) in [5.41, 5.74) is 0.409. The first kappa shape index (κ1) is 11.2. The smallest absolute Gasteiger partial charge is 0.305 e. The number of carboxylic acid groups (broad SMARTS) is 1. The summed E-state index contributed by atoms with van der Waals surface area (Å²) in [6, 6.07) is 1.17. The molecule has 0 spiro atoms. The summed E-state index contributed by atoms with van der Waals surface area (Å²) in [5, 5.41) is 14.9. The van der Waals surface area contributed by atoms with Crippen molar-refractivity contribution in [3.05, 3.63) is 18.0 Å². The number of amides is 1. The fraction of sp³-hybridized carbons (Fsp3) is 0.444. The van der Waals surface area contributed by atoms with Crippen LogP contribution >= 0.6 is 0 Å². The zero-order valence-corrected chi connectivity index (χ0v) is 8.60. The second-order valence-corrected chi connectivity index (χ2v) is 3.31. The highest BCUT2D eigenvalue weighted by Gasteiger charge is 2.14. The van der Waals surface area contributed by atoms with E-state index in [2.05, 4.69) is 10.4 Å². The van der Waals surface area contributed by atoms with Crippen molar-refractivity contribution in [2.75, 3.05) is 0 Å². The third kappa shape index (κ3) is 3.08. The van der Waals surface area contributed by atoms with Crippen molar-refractivity contribution in [3.63, 3.8) is 0 Å². The summed E-state index contributed by atoms with van der Waals surface area (Å²) in [7, 11) is 1.65. The summed E-state index contributed by atoms with van der Waals surface area (Å²) >= 11 is 0. The van der Waals surface area contributed by atoms with Gasteiger partial charge in [-0.15, -0.1) is 0 Å². The number of nitrogens with one attached hydrogen (secondary N) is 1. The molecule has 0 aromatic carbocycles. The zero-order chi connectivity index (χ0) is 11.4. The third-order valence-electron chi connectivity index (χ3n) is 1.91. The van der Waals surface area contributed by atoms with Crippen molar-refractivity contribution >= 4 is 11.9 Å². The van der Waals surface area contributed by atoms with Crippen LogP contribution in [0.2, 0.25) is 0 Å². The third-order valence-corrected chi connectivity index (χ3v) is 1.91. The lowest BCUT2D eigenvalue weighted by Gasteiger charge is -2.11. The van der Waals surface area contributed by atoms with Gasteiger partial charge in [0, 0.05) is 19.3 Å². The molecule has 0 radical (unpaired) electrons. The van der Waals surface area contributed by atoms with Gasteiger partial charge in [0.05, 0.1) is 6.42 Å². The van der Waals surface area contributed by atoms with Gasteiger partial charge in [-0.25, -0.2) is 0 Å². The maximum absolute atomic E-state index is 11.6. The lowest BCUT2D eigenvalue weighted by molar-refractivity contribution is -0.137. The molecule has 15 heavy (non-hydrogen) atoms. The highest BCUT2D eigenvalue weighted by Crippen LogP contribution is 1.98. The molecule has 0 aliphatic heterocycles. The highest BCUT2D eigenvalue weighted by atomic mass is 16.4. The monoisotopic (exact) mass is 211 g/mol. The van der Waals surface area contributed by atoms with Crippen LogP contribution in [-0.2, 0) is 11.8 Å². The lowest BCUT2D eigenvalue weighted by atomic mass is 10.2. The van der Waals surface area contributed by atoms with Crippen LogP contribution < -0.4 is 5.32 Å². The molecule has 1 rings (SSSR count). The Hall–Kier alpha value is -1.85. The summed E-state index contributed by atoms with van der Waals surface area (Å²) in [5.74, 6) is -1.25. The lowest BCUT2D eigenvalue weighted by Crippen LogP contribution is -2.35. The second kappa shape index (κ2) is 4.59. The number of hydrogen-bond acceptors (Lipinski definition) is 3. The first-order chi connectivity index (χ1) is 7.00. The van der Waals surface area contributed by atoms with Gasteiger partial charge < -0.3 is 10.4 Å². The SMILES string of the molecule is CC(CC(=O)O)NC(=O)c1ccnn1C. The van der Waals surface area contributed by atoms with Gasteiger partial charge in [-0.2, -0.15) is 5.10 Å². The minimum atomic E-state index is -0.937. The minimum absolute atomic E-state index is 0.0937. The maximum Gasteiger partial charge on any atom is 0.305 e. The van der Waals surface area contributed by atoms with Crippen LogP contribution in [0.3, 0.4) is 0 Å². The van der Waals surface area contributed by atoms with Crippen molar-refractivity contribution in [3.8, 4) is 0 Å². The van der Waals surface area contributed by atoms with Crippen LogP contribution in [0, 0.1) is 0 Å². The molecule has 6 heteroatoms. The summed E-state index contributed by atoms with van der Waals surface area (Å²) < 4.78 is 1.43. The number of carbonyl (C=O) groups is 2. The van der Waals surface area contributed by atoms with Crippen molar-refractivity contribution in [1.29, 1.82) is 0 Å². The number of carbonyl (C=O) groups excluding carboxylic acids is 1. The van der Waals surface area contributed by atoms with Crippen molar-refractivity contribution in [1.82, 2.24) is 15.1 Å². The van der Waals surface area contributed by atoms with Crippen molar-refractivity contribution < 1.29 is 14.7 Å². The topological polar surface area (TPSA) is 84.2 Å². The molecule has 1 heterocycles. The van der Waals surface area contributed by atoms with E-state index >= 15 is 0 Å². The van der Waals surface area contributed by atoms with Crippen LogP contribution in [0.1, 0.15) is 23.8 Å². The Morgan fingerprint density at radius 3 is 2.80 bits per heavy atom. The van der Waals surface area contributed by atoms with E-state index in [1.165, 1.54) is 10.9 Å². The minimum Gasteiger partial charge on any atom is -0.481 e. The first-order valence-corrected chi connectivity index (χ1v) is 4.51. The molecule has 0 aliphatic carbocycles. The van der Waals surface area contributed by atoms with Gasteiger partial charge in [-0.05, 0) is 13.0 Å². The molecule has 0 fully saturated rings. The molecule has 82 valence electrons. The summed E-state index contributed by atoms with van der Waals surface area (Å²) in [6.45, 7) is 1.64.